The summed E-state index contributed by atoms with van der Waals surface area (Å²) in [5.41, 5.74) is 1.24. The van der Waals surface area contributed by atoms with Crippen LogP contribution in [0.25, 0.3) is 0 Å². The second kappa shape index (κ2) is 6.13. The van der Waals surface area contributed by atoms with Gasteiger partial charge in [-0.05, 0) is 18.9 Å². The Labute approximate surface area is 101 Å². The number of phenols is 1. The first-order chi connectivity index (χ1) is 8.19. The Kier molecular flexibility index (Phi) is 4.82. The molecule has 4 heteroatoms. The SMILES string of the molecule is CCCCc1c(C=O)cc(OC)c(O)c1OC. The van der Waals surface area contributed by atoms with Crippen molar-refractivity contribution in [3.8, 4) is 17.2 Å². The van der Waals surface area contributed by atoms with E-state index in [0.29, 0.717) is 17.7 Å². The van der Waals surface area contributed by atoms with E-state index in [2.05, 4.69) is 6.92 Å². The van der Waals surface area contributed by atoms with Crippen molar-refractivity contribution >= 4 is 6.29 Å². The normalized spacial score (nSPS) is 10.1. The zero-order chi connectivity index (χ0) is 12.8. The van der Waals surface area contributed by atoms with E-state index in [-0.39, 0.29) is 11.5 Å². The van der Waals surface area contributed by atoms with Crippen molar-refractivity contribution in [3.63, 3.8) is 0 Å². The number of ether oxygens (including phenoxy) is 2. The molecule has 0 unspecified atom stereocenters. The van der Waals surface area contributed by atoms with Crippen LogP contribution in [0, 0.1) is 0 Å². The summed E-state index contributed by atoms with van der Waals surface area (Å²) in [4.78, 5) is 11.0. The molecule has 0 saturated carbocycles. The van der Waals surface area contributed by atoms with Crippen molar-refractivity contribution in [1.82, 2.24) is 0 Å². The molecule has 0 aliphatic rings. The van der Waals surface area contributed by atoms with Gasteiger partial charge in [-0.1, -0.05) is 13.3 Å². The lowest BCUT2D eigenvalue weighted by atomic mass is 10.0. The number of hydrogen-bond donors (Lipinski definition) is 1. The molecule has 0 aliphatic carbocycles. The lowest BCUT2D eigenvalue weighted by molar-refractivity contribution is 0.112. The van der Waals surface area contributed by atoms with Crippen LogP contribution in [-0.4, -0.2) is 25.6 Å². The van der Waals surface area contributed by atoms with Gasteiger partial charge in [0.05, 0.1) is 14.2 Å². The molecule has 0 bridgehead atoms. The fourth-order valence-corrected chi connectivity index (χ4v) is 1.77. The molecule has 1 aromatic carbocycles. The van der Waals surface area contributed by atoms with Crippen LogP contribution in [0.1, 0.15) is 35.7 Å². The molecule has 0 aliphatic heterocycles. The van der Waals surface area contributed by atoms with Crippen LogP contribution in [0.4, 0.5) is 0 Å². The molecule has 1 N–H and O–H groups in total. The topological polar surface area (TPSA) is 55.8 Å². The summed E-state index contributed by atoms with van der Waals surface area (Å²) in [5, 5.41) is 9.92. The number of unbranched alkanes of at least 4 members (excludes halogenated alkanes) is 1. The molecule has 0 atom stereocenters. The average Bonchev–Trinajstić information content (AvgIpc) is 2.36. The summed E-state index contributed by atoms with van der Waals surface area (Å²) in [6, 6.07) is 1.54. The highest BCUT2D eigenvalue weighted by Gasteiger charge is 2.18. The average molecular weight is 238 g/mol. The summed E-state index contributed by atoms with van der Waals surface area (Å²) >= 11 is 0. The molecular formula is C13H18O4. The van der Waals surface area contributed by atoms with Crippen molar-refractivity contribution in [2.45, 2.75) is 26.2 Å². The molecule has 94 valence electrons. The first-order valence-electron chi connectivity index (χ1n) is 5.61. The number of phenolic OH excluding ortho intramolecular Hbond substituents is 1. The standard InChI is InChI=1S/C13H18O4/c1-4-5-6-10-9(8-14)7-11(16-2)12(15)13(10)17-3/h7-8,15H,4-6H2,1-3H3. The smallest absolute Gasteiger partial charge is 0.201 e. The Morgan fingerprint density at radius 2 is 2.06 bits per heavy atom. The van der Waals surface area contributed by atoms with Crippen LogP contribution in [0.3, 0.4) is 0 Å². The second-order valence-electron chi connectivity index (χ2n) is 3.75. The molecule has 0 saturated heterocycles. The molecule has 0 fully saturated rings. The number of rotatable bonds is 6. The van der Waals surface area contributed by atoms with E-state index in [4.69, 9.17) is 9.47 Å². The van der Waals surface area contributed by atoms with E-state index < -0.39 is 0 Å². The summed E-state index contributed by atoms with van der Waals surface area (Å²) in [7, 11) is 2.91. The van der Waals surface area contributed by atoms with Crippen LogP contribution in [0.2, 0.25) is 0 Å². The molecule has 0 heterocycles. The number of hydrogen-bond acceptors (Lipinski definition) is 4. The highest BCUT2D eigenvalue weighted by Crippen LogP contribution is 2.41. The third kappa shape index (κ3) is 2.70. The van der Waals surface area contributed by atoms with Crippen LogP contribution < -0.4 is 9.47 Å². The van der Waals surface area contributed by atoms with Crippen LogP contribution in [0.5, 0.6) is 17.2 Å². The Bertz CT molecular complexity index is 399. The first-order valence-corrected chi connectivity index (χ1v) is 5.61. The largest absolute Gasteiger partial charge is 0.502 e. The minimum Gasteiger partial charge on any atom is -0.502 e. The summed E-state index contributed by atoms with van der Waals surface area (Å²) in [6.45, 7) is 2.07. The Morgan fingerprint density at radius 3 is 2.53 bits per heavy atom. The van der Waals surface area contributed by atoms with Crippen molar-refractivity contribution in [2.24, 2.45) is 0 Å². The van der Waals surface area contributed by atoms with Crippen molar-refractivity contribution in [1.29, 1.82) is 0 Å². The van der Waals surface area contributed by atoms with Crippen molar-refractivity contribution in [3.05, 3.63) is 17.2 Å². The third-order valence-corrected chi connectivity index (χ3v) is 2.69. The molecule has 17 heavy (non-hydrogen) atoms. The van der Waals surface area contributed by atoms with Gasteiger partial charge in [0, 0.05) is 11.1 Å². The van der Waals surface area contributed by atoms with E-state index >= 15 is 0 Å². The van der Waals surface area contributed by atoms with Crippen LogP contribution in [0.15, 0.2) is 6.07 Å². The van der Waals surface area contributed by atoms with Gasteiger partial charge in [-0.25, -0.2) is 0 Å². The number of benzene rings is 1. The fraction of sp³-hybridized carbons (Fsp3) is 0.462. The lowest BCUT2D eigenvalue weighted by Gasteiger charge is -2.15. The maximum absolute atomic E-state index is 11.0. The van der Waals surface area contributed by atoms with Gasteiger partial charge in [-0.3, -0.25) is 4.79 Å². The van der Waals surface area contributed by atoms with Gasteiger partial charge < -0.3 is 14.6 Å². The van der Waals surface area contributed by atoms with E-state index in [9.17, 15) is 9.90 Å². The molecule has 0 aromatic heterocycles. The van der Waals surface area contributed by atoms with E-state index in [1.807, 2.05) is 0 Å². The minimum atomic E-state index is -0.0493. The van der Waals surface area contributed by atoms with Gasteiger partial charge in [-0.15, -0.1) is 0 Å². The van der Waals surface area contributed by atoms with E-state index in [0.717, 1.165) is 24.7 Å². The molecule has 0 spiro atoms. The Balaban J connectivity index is 3.32. The van der Waals surface area contributed by atoms with Gasteiger partial charge in [0.25, 0.3) is 0 Å². The number of methoxy groups -OCH3 is 2. The van der Waals surface area contributed by atoms with Gasteiger partial charge in [0.2, 0.25) is 5.75 Å². The number of carbonyl (C=O) groups is 1. The predicted octanol–water partition coefficient (Wildman–Crippen LogP) is 2.56. The van der Waals surface area contributed by atoms with Gasteiger partial charge in [-0.2, -0.15) is 0 Å². The van der Waals surface area contributed by atoms with Crippen molar-refractivity contribution < 1.29 is 19.4 Å². The highest BCUT2D eigenvalue weighted by atomic mass is 16.5. The Morgan fingerprint density at radius 1 is 1.35 bits per heavy atom. The van der Waals surface area contributed by atoms with Gasteiger partial charge in [0.15, 0.2) is 17.8 Å². The van der Waals surface area contributed by atoms with Crippen LogP contribution in [-0.2, 0) is 6.42 Å². The van der Waals surface area contributed by atoms with Gasteiger partial charge in [0.1, 0.15) is 0 Å². The zero-order valence-corrected chi connectivity index (χ0v) is 10.4. The monoisotopic (exact) mass is 238 g/mol. The molecule has 1 aromatic rings. The first kappa shape index (κ1) is 13.4. The highest BCUT2D eigenvalue weighted by molar-refractivity contribution is 5.81. The molecule has 0 radical (unpaired) electrons. The van der Waals surface area contributed by atoms with E-state index in [1.54, 1.807) is 0 Å². The minimum absolute atomic E-state index is 0.0493. The number of aromatic hydroxyl groups is 1. The second-order valence-corrected chi connectivity index (χ2v) is 3.75. The summed E-state index contributed by atoms with van der Waals surface area (Å²) in [5.74, 6) is 0.538. The molecule has 0 amide bonds. The molecule has 4 nitrogen and oxygen atoms in total. The maximum atomic E-state index is 11.0. The molecule has 1 rings (SSSR count). The maximum Gasteiger partial charge on any atom is 0.201 e. The molecular weight excluding hydrogens is 220 g/mol. The lowest BCUT2D eigenvalue weighted by Crippen LogP contribution is -2.00. The Hall–Kier alpha value is -1.71. The fourth-order valence-electron chi connectivity index (χ4n) is 1.77. The van der Waals surface area contributed by atoms with Crippen LogP contribution >= 0.6 is 0 Å². The summed E-state index contributed by atoms with van der Waals surface area (Å²) < 4.78 is 10.2. The summed E-state index contributed by atoms with van der Waals surface area (Å²) in [6.07, 6.45) is 3.40. The number of aldehydes is 1. The third-order valence-electron chi connectivity index (χ3n) is 2.69. The quantitative estimate of drug-likeness (QED) is 0.774. The van der Waals surface area contributed by atoms with E-state index in [1.165, 1.54) is 20.3 Å². The van der Waals surface area contributed by atoms with Gasteiger partial charge >= 0.3 is 0 Å². The van der Waals surface area contributed by atoms with Crippen molar-refractivity contribution in [2.75, 3.05) is 14.2 Å². The predicted molar refractivity (Wildman–Crippen MR) is 65.2 cm³/mol. The number of carbonyl (C=O) groups excluding carboxylic acids is 1. The zero-order valence-electron chi connectivity index (χ0n) is 10.4.